The van der Waals surface area contributed by atoms with Crippen LogP contribution < -0.4 is 10.6 Å². The molecule has 3 amide bonds. The van der Waals surface area contributed by atoms with Gasteiger partial charge in [-0.05, 0) is 49.7 Å². The summed E-state index contributed by atoms with van der Waals surface area (Å²) in [6.45, 7) is 3.61. The molecule has 35 heavy (non-hydrogen) atoms. The number of hydrogen-bond acceptors (Lipinski definition) is 5. The fourth-order valence-electron chi connectivity index (χ4n) is 3.56. The van der Waals surface area contributed by atoms with Gasteiger partial charge in [-0.25, -0.2) is 0 Å². The highest BCUT2D eigenvalue weighted by atomic mass is 16.3. The van der Waals surface area contributed by atoms with E-state index in [-0.39, 0.29) is 24.0 Å². The molecule has 1 aromatic heterocycles. The number of aromatic hydroxyl groups is 1. The highest BCUT2D eigenvalue weighted by Crippen LogP contribution is 2.38. The van der Waals surface area contributed by atoms with Gasteiger partial charge in [-0.3, -0.25) is 14.4 Å². The van der Waals surface area contributed by atoms with Crippen molar-refractivity contribution in [3.63, 3.8) is 0 Å². The number of fused-ring (bicyclic) bond motifs is 1. The third kappa shape index (κ3) is 5.41. The number of nitrogens with one attached hydrogen (secondary N) is 2. The molecule has 0 aliphatic rings. The van der Waals surface area contributed by atoms with E-state index in [1.807, 2.05) is 32.0 Å². The first-order valence-electron chi connectivity index (χ1n) is 10.8. The van der Waals surface area contributed by atoms with Gasteiger partial charge in [-0.2, -0.15) is 0 Å². The standard InChI is InChI=1S/C26H23N5O4/c1-16-10-12-18(13-11-16)27-22(32)15-31-21-9-4-3-8-20(21)23(26(31)35)29-30-25(34)24(33)28-19-7-5-6-17(2)14-19/h3-14,35H,15H2,1-2H3,(H,27,32)(H,28,33). The summed E-state index contributed by atoms with van der Waals surface area (Å²) in [4.78, 5) is 37.1. The first-order chi connectivity index (χ1) is 16.8. The van der Waals surface area contributed by atoms with Crippen LogP contribution in [-0.4, -0.2) is 27.4 Å². The van der Waals surface area contributed by atoms with Gasteiger partial charge in [0.05, 0.1) is 5.52 Å². The van der Waals surface area contributed by atoms with E-state index in [2.05, 4.69) is 20.9 Å². The number of carbonyl (C=O) groups excluding carboxylic acids is 3. The lowest BCUT2D eigenvalue weighted by Crippen LogP contribution is -2.20. The van der Waals surface area contributed by atoms with Gasteiger partial charge in [0.2, 0.25) is 11.8 Å². The number of nitrogens with zero attached hydrogens (tertiary/aromatic N) is 3. The van der Waals surface area contributed by atoms with Crippen LogP contribution in [0, 0.1) is 13.8 Å². The molecular formula is C26H23N5O4. The molecule has 0 bridgehead atoms. The van der Waals surface area contributed by atoms with Crippen molar-refractivity contribution in [2.75, 3.05) is 10.6 Å². The van der Waals surface area contributed by atoms with Gasteiger partial charge in [-0.15, -0.1) is 10.2 Å². The zero-order valence-electron chi connectivity index (χ0n) is 19.1. The predicted octanol–water partition coefficient (Wildman–Crippen LogP) is 4.85. The number of hydrogen-bond donors (Lipinski definition) is 3. The molecule has 9 nitrogen and oxygen atoms in total. The third-order valence-corrected chi connectivity index (χ3v) is 5.27. The molecular weight excluding hydrogens is 446 g/mol. The van der Waals surface area contributed by atoms with Crippen LogP contribution in [0.3, 0.4) is 0 Å². The zero-order valence-corrected chi connectivity index (χ0v) is 19.1. The second kappa shape index (κ2) is 10.0. The Balaban J connectivity index is 1.54. The van der Waals surface area contributed by atoms with Crippen molar-refractivity contribution < 1.29 is 19.5 Å². The van der Waals surface area contributed by atoms with E-state index in [1.54, 1.807) is 54.6 Å². The smallest absolute Gasteiger partial charge is 0.353 e. The van der Waals surface area contributed by atoms with Crippen molar-refractivity contribution in [3.8, 4) is 5.88 Å². The van der Waals surface area contributed by atoms with Crippen LogP contribution in [0.4, 0.5) is 17.1 Å². The molecule has 4 aromatic rings. The molecule has 0 unspecified atom stereocenters. The summed E-state index contributed by atoms with van der Waals surface area (Å²) in [5.74, 6) is -2.79. The minimum absolute atomic E-state index is 0.0135. The molecule has 3 aromatic carbocycles. The summed E-state index contributed by atoms with van der Waals surface area (Å²) >= 11 is 0. The summed E-state index contributed by atoms with van der Waals surface area (Å²) in [5.41, 5.74) is 3.57. The lowest BCUT2D eigenvalue weighted by atomic mass is 10.2. The Morgan fingerprint density at radius 2 is 1.60 bits per heavy atom. The van der Waals surface area contributed by atoms with Crippen LogP contribution >= 0.6 is 0 Å². The summed E-state index contributed by atoms with van der Waals surface area (Å²) in [6, 6.07) is 21.2. The first kappa shape index (κ1) is 23.4. The van der Waals surface area contributed by atoms with E-state index < -0.39 is 11.8 Å². The lowest BCUT2D eigenvalue weighted by molar-refractivity contribution is -0.134. The average molecular weight is 470 g/mol. The number of amides is 3. The Labute approximate surface area is 201 Å². The van der Waals surface area contributed by atoms with Crippen molar-refractivity contribution in [2.45, 2.75) is 20.4 Å². The van der Waals surface area contributed by atoms with E-state index in [0.29, 0.717) is 22.3 Å². The molecule has 0 aliphatic carbocycles. The molecule has 0 atom stereocenters. The number of azo groups is 1. The lowest BCUT2D eigenvalue weighted by Gasteiger charge is -2.08. The van der Waals surface area contributed by atoms with Crippen molar-refractivity contribution in [2.24, 2.45) is 10.2 Å². The fraction of sp³-hybridized carbons (Fsp3) is 0.115. The minimum Gasteiger partial charge on any atom is -0.493 e. The van der Waals surface area contributed by atoms with Gasteiger partial charge in [0, 0.05) is 16.8 Å². The predicted molar refractivity (Wildman–Crippen MR) is 133 cm³/mol. The summed E-state index contributed by atoms with van der Waals surface area (Å²) < 4.78 is 1.37. The Bertz CT molecular complexity index is 1450. The first-order valence-corrected chi connectivity index (χ1v) is 10.8. The third-order valence-electron chi connectivity index (χ3n) is 5.27. The number of rotatable bonds is 5. The van der Waals surface area contributed by atoms with E-state index in [0.717, 1.165) is 11.1 Å². The monoisotopic (exact) mass is 469 g/mol. The summed E-state index contributed by atoms with van der Waals surface area (Å²) in [6.07, 6.45) is 0. The molecule has 0 spiro atoms. The highest BCUT2D eigenvalue weighted by Gasteiger charge is 2.20. The molecule has 9 heteroatoms. The molecule has 0 radical (unpaired) electrons. The van der Waals surface area contributed by atoms with Crippen LogP contribution in [0.5, 0.6) is 5.88 Å². The number of benzene rings is 3. The van der Waals surface area contributed by atoms with Gasteiger partial charge in [0.15, 0.2) is 5.69 Å². The van der Waals surface area contributed by atoms with Gasteiger partial charge in [-0.1, -0.05) is 48.0 Å². The minimum atomic E-state index is -1.13. The number of aromatic nitrogens is 1. The molecule has 1 heterocycles. The van der Waals surface area contributed by atoms with Crippen LogP contribution in [0.1, 0.15) is 11.1 Å². The molecule has 3 N–H and O–H groups in total. The maximum absolute atomic E-state index is 12.6. The number of para-hydroxylation sites is 1. The molecule has 4 rings (SSSR count). The molecule has 0 aliphatic heterocycles. The maximum atomic E-state index is 12.6. The average Bonchev–Trinajstić information content (AvgIpc) is 3.09. The van der Waals surface area contributed by atoms with Gasteiger partial charge >= 0.3 is 11.8 Å². The Kier molecular flexibility index (Phi) is 6.68. The van der Waals surface area contributed by atoms with Gasteiger partial charge < -0.3 is 20.3 Å². The van der Waals surface area contributed by atoms with Crippen LogP contribution in [0.2, 0.25) is 0 Å². The summed E-state index contributed by atoms with van der Waals surface area (Å²) in [7, 11) is 0. The maximum Gasteiger partial charge on any atom is 0.353 e. The van der Waals surface area contributed by atoms with E-state index >= 15 is 0 Å². The van der Waals surface area contributed by atoms with E-state index in [9.17, 15) is 19.5 Å². The topological polar surface area (TPSA) is 125 Å². The SMILES string of the molecule is Cc1ccc(NC(=O)Cn2c(O)c(N=NC(=O)C(=O)Nc3cccc(C)c3)c3ccccc32)cc1. The molecule has 0 fully saturated rings. The quantitative estimate of drug-likeness (QED) is 0.285. The van der Waals surface area contributed by atoms with Crippen molar-refractivity contribution >= 4 is 45.7 Å². The van der Waals surface area contributed by atoms with E-state index in [1.165, 1.54) is 4.57 Å². The Morgan fingerprint density at radius 1 is 0.857 bits per heavy atom. The number of aryl methyl sites for hydroxylation is 2. The van der Waals surface area contributed by atoms with Crippen LogP contribution in [-0.2, 0) is 20.9 Å². The number of anilines is 2. The Hall–Kier alpha value is -4.79. The van der Waals surface area contributed by atoms with Crippen molar-refractivity contribution in [1.82, 2.24) is 4.57 Å². The van der Waals surface area contributed by atoms with Crippen molar-refractivity contribution in [1.29, 1.82) is 0 Å². The highest BCUT2D eigenvalue weighted by molar-refractivity contribution is 6.40. The largest absolute Gasteiger partial charge is 0.493 e. The van der Waals surface area contributed by atoms with Crippen LogP contribution in [0.25, 0.3) is 10.9 Å². The van der Waals surface area contributed by atoms with Gasteiger partial charge in [0.25, 0.3) is 0 Å². The van der Waals surface area contributed by atoms with Crippen molar-refractivity contribution in [3.05, 3.63) is 83.9 Å². The zero-order chi connectivity index (χ0) is 24.9. The second-order valence-electron chi connectivity index (χ2n) is 8.02. The molecule has 176 valence electrons. The molecule has 0 saturated heterocycles. The Morgan fingerprint density at radius 3 is 2.34 bits per heavy atom. The number of carbonyl (C=O) groups is 3. The summed E-state index contributed by atoms with van der Waals surface area (Å²) in [5, 5.41) is 23.9. The normalized spacial score (nSPS) is 11.0. The second-order valence-corrected chi connectivity index (χ2v) is 8.02. The van der Waals surface area contributed by atoms with Gasteiger partial charge in [0.1, 0.15) is 6.54 Å². The van der Waals surface area contributed by atoms with Crippen LogP contribution in [0.15, 0.2) is 83.0 Å². The molecule has 0 saturated carbocycles. The fourth-order valence-corrected chi connectivity index (χ4v) is 3.56. The van der Waals surface area contributed by atoms with E-state index in [4.69, 9.17) is 0 Å².